The summed E-state index contributed by atoms with van der Waals surface area (Å²) in [6, 6.07) is 5.48. The number of carbonyl (C=O) groups is 1. The molecule has 0 saturated carbocycles. The minimum absolute atomic E-state index is 0.0604. The Morgan fingerprint density at radius 1 is 1.50 bits per heavy atom. The molecular weight excluding hydrogens is 234 g/mol. The van der Waals surface area contributed by atoms with Crippen molar-refractivity contribution < 1.29 is 19.1 Å². The molecule has 0 fully saturated rings. The lowest BCUT2D eigenvalue weighted by Gasteiger charge is -2.02. The van der Waals surface area contributed by atoms with Crippen molar-refractivity contribution in [2.75, 3.05) is 20.3 Å². The molecular formula is C13H15NO4. The zero-order valence-electron chi connectivity index (χ0n) is 10.1. The van der Waals surface area contributed by atoms with Gasteiger partial charge in [0.25, 0.3) is 0 Å². The highest BCUT2D eigenvalue weighted by molar-refractivity contribution is 5.88. The third kappa shape index (κ3) is 2.62. The summed E-state index contributed by atoms with van der Waals surface area (Å²) in [5.41, 5.74) is 1.52. The molecule has 5 heteroatoms. The highest BCUT2D eigenvalue weighted by Gasteiger charge is 2.10. The van der Waals surface area contributed by atoms with Crippen LogP contribution in [0.5, 0.6) is 5.75 Å². The number of benzene rings is 1. The van der Waals surface area contributed by atoms with Crippen LogP contribution in [0.15, 0.2) is 28.9 Å². The number of nitrogens with one attached hydrogen (secondary N) is 1. The summed E-state index contributed by atoms with van der Waals surface area (Å²) in [7, 11) is 1.59. The van der Waals surface area contributed by atoms with Gasteiger partial charge in [-0.1, -0.05) is 0 Å². The Kier molecular flexibility index (Phi) is 3.84. The van der Waals surface area contributed by atoms with E-state index in [1.165, 1.54) is 0 Å². The van der Waals surface area contributed by atoms with E-state index in [1.54, 1.807) is 19.4 Å². The number of hydrogen-bond acceptors (Lipinski definition) is 4. The summed E-state index contributed by atoms with van der Waals surface area (Å²) < 4.78 is 10.5. The molecule has 0 saturated heterocycles. The first-order valence-corrected chi connectivity index (χ1v) is 5.66. The molecule has 0 aliphatic heterocycles. The molecule has 2 N–H and O–H groups in total. The highest BCUT2D eigenvalue weighted by atomic mass is 16.5. The zero-order chi connectivity index (χ0) is 13.0. The van der Waals surface area contributed by atoms with E-state index in [2.05, 4.69) is 5.32 Å². The van der Waals surface area contributed by atoms with Crippen LogP contribution in [-0.2, 0) is 11.2 Å². The summed E-state index contributed by atoms with van der Waals surface area (Å²) >= 11 is 0. The van der Waals surface area contributed by atoms with E-state index in [0.717, 1.165) is 10.9 Å². The molecule has 1 aromatic heterocycles. The van der Waals surface area contributed by atoms with Crippen LogP contribution in [0.1, 0.15) is 5.56 Å². The maximum Gasteiger partial charge on any atom is 0.224 e. The van der Waals surface area contributed by atoms with Crippen LogP contribution in [0.25, 0.3) is 11.0 Å². The fraction of sp³-hybridized carbons (Fsp3) is 0.308. The molecule has 0 bridgehead atoms. The van der Waals surface area contributed by atoms with E-state index in [9.17, 15) is 4.79 Å². The molecule has 0 atom stereocenters. The van der Waals surface area contributed by atoms with Gasteiger partial charge in [-0.25, -0.2) is 0 Å². The van der Waals surface area contributed by atoms with Crippen molar-refractivity contribution in [3.63, 3.8) is 0 Å². The Hall–Kier alpha value is -2.01. The summed E-state index contributed by atoms with van der Waals surface area (Å²) in [5.74, 6) is 0.579. The van der Waals surface area contributed by atoms with Crippen LogP contribution in [0.2, 0.25) is 0 Å². The van der Waals surface area contributed by atoms with E-state index in [4.69, 9.17) is 14.3 Å². The lowest BCUT2D eigenvalue weighted by Crippen LogP contribution is -2.27. The number of hydrogen-bond donors (Lipinski definition) is 2. The predicted molar refractivity (Wildman–Crippen MR) is 66.6 cm³/mol. The van der Waals surface area contributed by atoms with Gasteiger partial charge in [0.1, 0.15) is 11.3 Å². The van der Waals surface area contributed by atoms with Crippen molar-refractivity contribution in [2.45, 2.75) is 6.42 Å². The number of ether oxygens (including phenoxy) is 1. The molecule has 2 aromatic rings. The van der Waals surface area contributed by atoms with E-state index < -0.39 is 0 Å². The van der Waals surface area contributed by atoms with Crippen LogP contribution in [-0.4, -0.2) is 31.3 Å². The summed E-state index contributed by atoms with van der Waals surface area (Å²) in [4.78, 5) is 11.5. The monoisotopic (exact) mass is 249 g/mol. The molecule has 1 aromatic carbocycles. The number of rotatable bonds is 5. The average molecular weight is 249 g/mol. The third-order valence-corrected chi connectivity index (χ3v) is 2.65. The zero-order valence-corrected chi connectivity index (χ0v) is 10.1. The van der Waals surface area contributed by atoms with Crippen molar-refractivity contribution in [3.8, 4) is 5.75 Å². The lowest BCUT2D eigenvalue weighted by atomic mass is 10.1. The van der Waals surface area contributed by atoms with Gasteiger partial charge in [0, 0.05) is 23.6 Å². The van der Waals surface area contributed by atoms with Gasteiger partial charge in [-0.15, -0.1) is 0 Å². The number of methoxy groups -OCH3 is 1. The molecule has 0 aliphatic carbocycles. The number of aliphatic hydroxyl groups excluding tert-OH is 1. The second-order valence-corrected chi connectivity index (χ2v) is 3.87. The van der Waals surface area contributed by atoms with Crippen LogP contribution >= 0.6 is 0 Å². The molecule has 96 valence electrons. The van der Waals surface area contributed by atoms with E-state index in [0.29, 0.717) is 11.3 Å². The highest BCUT2D eigenvalue weighted by Crippen LogP contribution is 2.25. The smallest absolute Gasteiger partial charge is 0.224 e. The summed E-state index contributed by atoms with van der Waals surface area (Å²) in [6.07, 6.45) is 1.81. The Balaban J connectivity index is 2.16. The summed E-state index contributed by atoms with van der Waals surface area (Å²) in [6.45, 7) is 0.206. The quantitative estimate of drug-likeness (QED) is 0.832. The molecule has 5 nitrogen and oxygen atoms in total. The minimum Gasteiger partial charge on any atom is -0.497 e. The first-order valence-electron chi connectivity index (χ1n) is 5.66. The van der Waals surface area contributed by atoms with Gasteiger partial charge in [-0.3, -0.25) is 4.79 Å². The van der Waals surface area contributed by atoms with Crippen LogP contribution in [0.3, 0.4) is 0 Å². The van der Waals surface area contributed by atoms with Gasteiger partial charge >= 0.3 is 0 Å². The van der Waals surface area contributed by atoms with Gasteiger partial charge in [0.05, 0.1) is 26.4 Å². The topological polar surface area (TPSA) is 71.7 Å². The van der Waals surface area contributed by atoms with Crippen molar-refractivity contribution in [1.82, 2.24) is 5.32 Å². The average Bonchev–Trinajstić information content (AvgIpc) is 2.78. The van der Waals surface area contributed by atoms with Gasteiger partial charge in [0.2, 0.25) is 5.91 Å². The molecule has 0 aliphatic rings. The molecule has 1 amide bonds. The van der Waals surface area contributed by atoms with Crippen molar-refractivity contribution in [3.05, 3.63) is 30.0 Å². The van der Waals surface area contributed by atoms with E-state index >= 15 is 0 Å². The SMILES string of the molecule is COc1ccc2c(CC(=O)NCCO)coc2c1. The second-order valence-electron chi connectivity index (χ2n) is 3.87. The first kappa shape index (κ1) is 12.4. The van der Waals surface area contributed by atoms with E-state index in [1.807, 2.05) is 12.1 Å². The predicted octanol–water partition coefficient (Wildman–Crippen LogP) is 1.09. The fourth-order valence-electron chi connectivity index (χ4n) is 1.76. The molecule has 0 unspecified atom stereocenters. The van der Waals surface area contributed by atoms with Crippen LogP contribution in [0.4, 0.5) is 0 Å². The molecule has 18 heavy (non-hydrogen) atoms. The molecule has 0 spiro atoms. The maximum atomic E-state index is 11.5. The number of carbonyl (C=O) groups excluding carboxylic acids is 1. The Labute approximate surface area is 104 Å². The molecule has 0 radical (unpaired) electrons. The molecule has 1 heterocycles. The van der Waals surface area contributed by atoms with Crippen LogP contribution in [0, 0.1) is 0 Å². The second kappa shape index (κ2) is 5.55. The normalized spacial score (nSPS) is 10.6. The first-order chi connectivity index (χ1) is 8.74. The van der Waals surface area contributed by atoms with Gasteiger partial charge in [0.15, 0.2) is 0 Å². The summed E-state index contributed by atoms with van der Waals surface area (Å²) in [5, 5.41) is 12.1. The number of amides is 1. The van der Waals surface area contributed by atoms with Crippen molar-refractivity contribution in [1.29, 1.82) is 0 Å². The number of fused-ring (bicyclic) bond motifs is 1. The van der Waals surface area contributed by atoms with Crippen molar-refractivity contribution >= 4 is 16.9 Å². The van der Waals surface area contributed by atoms with Crippen LogP contribution < -0.4 is 10.1 Å². The Morgan fingerprint density at radius 3 is 3.06 bits per heavy atom. The van der Waals surface area contributed by atoms with Crippen molar-refractivity contribution in [2.24, 2.45) is 0 Å². The maximum absolute atomic E-state index is 11.5. The Morgan fingerprint density at radius 2 is 2.33 bits per heavy atom. The molecule has 2 rings (SSSR count). The fourth-order valence-corrected chi connectivity index (χ4v) is 1.76. The van der Waals surface area contributed by atoms with Gasteiger partial charge in [-0.05, 0) is 12.1 Å². The van der Waals surface area contributed by atoms with Gasteiger partial charge in [-0.2, -0.15) is 0 Å². The third-order valence-electron chi connectivity index (χ3n) is 2.65. The van der Waals surface area contributed by atoms with Gasteiger partial charge < -0.3 is 19.6 Å². The number of aliphatic hydroxyl groups is 1. The lowest BCUT2D eigenvalue weighted by molar-refractivity contribution is -0.120. The largest absolute Gasteiger partial charge is 0.497 e. The standard InChI is InChI=1S/C13H15NO4/c1-17-10-2-3-11-9(8-18-12(11)7-10)6-13(16)14-4-5-15/h2-3,7-8,15H,4-6H2,1H3,(H,14,16). The van der Waals surface area contributed by atoms with E-state index in [-0.39, 0.29) is 25.5 Å². The Bertz CT molecular complexity index is 547. The number of furan rings is 1. The minimum atomic E-state index is -0.137.